The van der Waals surface area contributed by atoms with Gasteiger partial charge in [-0.25, -0.2) is 0 Å². The first kappa shape index (κ1) is 14.0. The van der Waals surface area contributed by atoms with Gasteiger partial charge in [-0.2, -0.15) is 0 Å². The molecule has 1 saturated carbocycles. The van der Waals surface area contributed by atoms with E-state index < -0.39 is 0 Å². The fourth-order valence-corrected chi connectivity index (χ4v) is 2.32. The van der Waals surface area contributed by atoms with Crippen LogP contribution in [-0.4, -0.2) is 5.71 Å². The molecule has 0 aliphatic heterocycles. The van der Waals surface area contributed by atoms with Crippen molar-refractivity contribution in [3.8, 4) is 0 Å². The summed E-state index contributed by atoms with van der Waals surface area (Å²) in [4.78, 5) is 0. The van der Waals surface area contributed by atoms with Crippen molar-refractivity contribution in [3.05, 3.63) is 35.4 Å². The predicted octanol–water partition coefficient (Wildman–Crippen LogP) is 4.77. The van der Waals surface area contributed by atoms with Gasteiger partial charge in [0.05, 0.1) is 0 Å². The van der Waals surface area contributed by atoms with Crippen LogP contribution in [0.15, 0.2) is 24.3 Å². The van der Waals surface area contributed by atoms with Crippen molar-refractivity contribution in [2.45, 2.75) is 52.9 Å². The zero-order valence-corrected chi connectivity index (χ0v) is 11.4. The van der Waals surface area contributed by atoms with E-state index in [2.05, 4.69) is 31.2 Å². The molecule has 1 aromatic rings. The summed E-state index contributed by atoms with van der Waals surface area (Å²) < 4.78 is 0. The number of rotatable bonds is 2. The zero-order valence-electron chi connectivity index (χ0n) is 11.4. The van der Waals surface area contributed by atoms with Gasteiger partial charge in [0.15, 0.2) is 0 Å². The topological polar surface area (TPSA) is 23.9 Å². The summed E-state index contributed by atoms with van der Waals surface area (Å²) >= 11 is 0. The van der Waals surface area contributed by atoms with Crippen molar-refractivity contribution in [3.63, 3.8) is 0 Å². The Labute approximate surface area is 106 Å². The van der Waals surface area contributed by atoms with Crippen LogP contribution < -0.4 is 0 Å². The summed E-state index contributed by atoms with van der Waals surface area (Å²) in [5.41, 5.74) is 3.68. The molecule has 0 aromatic heterocycles. The van der Waals surface area contributed by atoms with Crippen molar-refractivity contribution in [1.82, 2.24) is 0 Å². The standard InChI is InChI=1S/C14H19N.C2H6/c1-11-6-8-12(9-7-11)10-13-4-2-3-5-14(13)15;1-2/h6-9,13,15H,2-5,10H2,1H3;1-2H3. The third-order valence-corrected chi connectivity index (χ3v) is 3.34. The Balaban J connectivity index is 0.000000686. The molecule has 1 nitrogen and oxygen atoms in total. The highest BCUT2D eigenvalue weighted by Crippen LogP contribution is 2.24. The van der Waals surface area contributed by atoms with Gasteiger partial charge in [0, 0.05) is 11.6 Å². The third kappa shape index (κ3) is 4.33. The molecule has 1 aliphatic rings. The summed E-state index contributed by atoms with van der Waals surface area (Å²) in [6.07, 6.45) is 5.84. The van der Waals surface area contributed by atoms with E-state index in [9.17, 15) is 0 Å². The molecule has 0 spiro atoms. The van der Waals surface area contributed by atoms with Gasteiger partial charge in [0.1, 0.15) is 0 Å². The summed E-state index contributed by atoms with van der Waals surface area (Å²) in [5, 5.41) is 7.94. The first-order valence-electron chi connectivity index (χ1n) is 6.88. The van der Waals surface area contributed by atoms with Gasteiger partial charge in [0.25, 0.3) is 0 Å². The second-order valence-corrected chi connectivity index (χ2v) is 4.66. The highest BCUT2D eigenvalue weighted by atomic mass is 14.5. The van der Waals surface area contributed by atoms with Crippen LogP contribution in [0.2, 0.25) is 0 Å². The Kier molecular flexibility index (Phi) is 5.96. The molecular weight excluding hydrogens is 206 g/mol. The fourth-order valence-electron chi connectivity index (χ4n) is 2.32. The molecule has 1 unspecified atom stereocenters. The van der Waals surface area contributed by atoms with Crippen LogP contribution >= 0.6 is 0 Å². The predicted molar refractivity (Wildman–Crippen MR) is 75.9 cm³/mol. The van der Waals surface area contributed by atoms with Gasteiger partial charge in [-0.3, -0.25) is 0 Å². The highest BCUT2D eigenvalue weighted by molar-refractivity contribution is 5.84. The second-order valence-electron chi connectivity index (χ2n) is 4.66. The molecule has 1 aromatic carbocycles. The lowest BCUT2D eigenvalue weighted by Gasteiger charge is -2.22. The first-order valence-corrected chi connectivity index (χ1v) is 6.88. The van der Waals surface area contributed by atoms with Crippen LogP contribution in [0.4, 0.5) is 0 Å². The summed E-state index contributed by atoms with van der Waals surface area (Å²) in [6.45, 7) is 6.12. The lowest BCUT2D eigenvalue weighted by Crippen LogP contribution is -2.20. The van der Waals surface area contributed by atoms with E-state index in [4.69, 9.17) is 5.41 Å². The van der Waals surface area contributed by atoms with E-state index in [-0.39, 0.29) is 0 Å². The lowest BCUT2D eigenvalue weighted by molar-refractivity contribution is 0.521. The minimum atomic E-state index is 0.515. The lowest BCUT2D eigenvalue weighted by atomic mass is 9.83. The number of hydrogen-bond acceptors (Lipinski definition) is 1. The van der Waals surface area contributed by atoms with Crippen molar-refractivity contribution < 1.29 is 0 Å². The third-order valence-electron chi connectivity index (χ3n) is 3.34. The molecule has 1 aliphatic carbocycles. The van der Waals surface area contributed by atoms with Gasteiger partial charge in [-0.05, 0) is 38.2 Å². The number of benzene rings is 1. The molecule has 0 radical (unpaired) electrons. The summed E-state index contributed by atoms with van der Waals surface area (Å²) in [6, 6.07) is 8.75. The first-order chi connectivity index (χ1) is 8.25. The molecule has 94 valence electrons. The van der Waals surface area contributed by atoms with Crippen molar-refractivity contribution in [2.75, 3.05) is 0 Å². The molecule has 0 heterocycles. The van der Waals surface area contributed by atoms with Crippen molar-refractivity contribution in [2.24, 2.45) is 5.92 Å². The van der Waals surface area contributed by atoms with Crippen LogP contribution in [0.1, 0.15) is 50.7 Å². The summed E-state index contributed by atoms with van der Waals surface area (Å²) in [7, 11) is 0. The van der Waals surface area contributed by atoms with Gasteiger partial charge < -0.3 is 5.41 Å². The molecule has 17 heavy (non-hydrogen) atoms. The van der Waals surface area contributed by atoms with Crippen LogP contribution in [0.25, 0.3) is 0 Å². The SMILES string of the molecule is CC.Cc1ccc(CC2CCCCC2=N)cc1. The van der Waals surface area contributed by atoms with E-state index >= 15 is 0 Å². The highest BCUT2D eigenvalue weighted by Gasteiger charge is 2.18. The zero-order chi connectivity index (χ0) is 12.7. The summed E-state index contributed by atoms with van der Waals surface area (Å²) in [5.74, 6) is 0.515. The van der Waals surface area contributed by atoms with Crippen molar-refractivity contribution in [1.29, 1.82) is 5.41 Å². The molecule has 1 atom stereocenters. The molecule has 0 bridgehead atoms. The maximum absolute atomic E-state index is 7.94. The molecular formula is C16H25N. The smallest absolute Gasteiger partial charge is 0.0123 e. The van der Waals surface area contributed by atoms with E-state index in [1.54, 1.807) is 0 Å². The molecule has 2 rings (SSSR count). The van der Waals surface area contributed by atoms with Gasteiger partial charge in [-0.15, -0.1) is 0 Å². The Morgan fingerprint density at radius 3 is 2.35 bits per heavy atom. The van der Waals surface area contributed by atoms with Gasteiger partial charge in [-0.1, -0.05) is 50.1 Å². The van der Waals surface area contributed by atoms with E-state index in [1.165, 1.54) is 30.4 Å². The van der Waals surface area contributed by atoms with E-state index in [0.29, 0.717) is 5.92 Å². The van der Waals surface area contributed by atoms with Crippen molar-refractivity contribution >= 4 is 5.71 Å². The van der Waals surface area contributed by atoms with Gasteiger partial charge in [0.2, 0.25) is 0 Å². The minimum absolute atomic E-state index is 0.515. The number of hydrogen-bond donors (Lipinski definition) is 1. The molecule has 1 fully saturated rings. The molecule has 0 amide bonds. The average molecular weight is 231 g/mol. The van der Waals surface area contributed by atoms with E-state index in [1.807, 2.05) is 13.8 Å². The number of nitrogens with one attached hydrogen (secondary N) is 1. The minimum Gasteiger partial charge on any atom is -0.309 e. The molecule has 1 heteroatoms. The quantitative estimate of drug-likeness (QED) is 0.758. The molecule has 1 N–H and O–H groups in total. The Morgan fingerprint density at radius 1 is 1.12 bits per heavy atom. The van der Waals surface area contributed by atoms with E-state index in [0.717, 1.165) is 18.6 Å². The maximum Gasteiger partial charge on any atom is 0.0123 e. The van der Waals surface area contributed by atoms with Crippen LogP contribution in [0.5, 0.6) is 0 Å². The fraction of sp³-hybridized carbons (Fsp3) is 0.562. The van der Waals surface area contributed by atoms with Crippen LogP contribution in [-0.2, 0) is 6.42 Å². The Bertz CT molecular complexity index is 337. The second kappa shape index (κ2) is 7.26. The maximum atomic E-state index is 7.94. The average Bonchev–Trinajstić information content (AvgIpc) is 2.37. The largest absolute Gasteiger partial charge is 0.309 e. The Morgan fingerprint density at radius 2 is 1.76 bits per heavy atom. The van der Waals surface area contributed by atoms with Gasteiger partial charge >= 0.3 is 0 Å². The Hall–Kier alpha value is -1.11. The van der Waals surface area contributed by atoms with Crippen LogP contribution in [0.3, 0.4) is 0 Å². The van der Waals surface area contributed by atoms with Crippen LogP contribution in [0, 0.1) is 18.3 Å². The number of aryl methyl sites for hydroxylation is 1. The molecule has 0 saturated heterocycles. The normalized spacial score (nSPS) is 19.5. The monoisotopic (exact) mass is 231 g/mol.